The van der Waals surface area contributed by atoms with E-state index in [4.69, 9.17) is 40.1 Å². The number of hydrogen-bond acceptors (Lipinski definition) is 19. The number of nitrogens with zero attached hydrogens (tertiary/aromatic N) is 2. The van der Waals surface area contributed by atoms with Crippen LogP contribution in [0.4, 0.5) is 0 Å². The molecule has 12 amide bonds. The van der Waals surface area contributed by atoms with E-state index in [2.05, 4.69) is 57.8 Å². The maximum Gasteiger partial charge on any atom is 0.326 e. The molecule has 37 nitrogen and oxygen atoms in total. The first-order valence-electron chi connectivity index (χ1n) is 26.2. The number of amides is 12. The number of aliphatic hydroxyl groups excluding tert-OH is 2. The van der Waals surface area contributed by atoms with E-state index in [0.29, 0.717) is 6.42 Å². The molecule has 0 aliphatic carbocycles. The van der Waals surface area contributed by atoms with Gasteiger partial charge in [0.2, 0.25) is 70.9 Å². The van der Waals surface area contributed by atoms with Crippen LogP contribution in [0, 0.1) is 5.92 Å². The highest BCUT2D eigenvalue weighted by Gasteiger charge is 2.37. The molecule has 0 aromatic heterocycles. The number of primary amides is 2. The lowest BCUT2D eigenvalue weighted by atomic mass is 10.0. The molecule has 0 unspecified atom stereocenters. The molecule has 474 valence electrons. The molecule has 0 rings (SSSR count). The second-order valence-corrected chi connectivity index (χ2v) is 19.7. The number of carbonyl (C=O) groups excluding carboxylic acids is 12. The van der Waals surface area contributed by atoms with Gasteiger partial charge in [-0.1, -0.05) is 13.8 Å². The number of aliphatic hydroxyl groups is 2. The molecule has 84 heavy (non-hydrogen) atoms. The summed E-state index contributed by atoms with van der Waals surface area (Å²) in [6.45, 7) is 7.22. The van der Waals surface area contributed by atoms with Crippen molar-refractivity contribution in [3.05, 3.63) is 0 Å². The van der Waals surface area contributed by atoms with E-state index in [0.717, 1.165) is 20.8 Å². The summed E-state index contributed by atoms with van der Waals surface area (Å²) in [6, 6.07) is -16.6. The van der Waals surface area contributed by atoms with Gasteiger partial charge in [-0.05, 0) is 72.1 Å². The van der Waals surface area contributed by atoms with E-state index in [-0.39, 0.29) is 56.6 Å². The number of carbonyl (C=O) groups is 14. The fourth-order valence-electron chi connectivity index (χ4n) is 7.24. The number of nitrogens with one attached hydrogen (secondary N) is 10. The zero-order valence-electron chi connectivity index (χ0n) is 47.4. The van der Waals surface area contributed by atoms with E-state index < -0.39 is 188 Å². The Bertz CT molecular complexity index is 2400. The summed E-state index contributed by atoms with van der Waals surface area (Å²) in [7, 11) is 0. The zero-order chi connectivity index (χ0) is 64.7. The van der Waals surface area contributed by atoms with Crippen molar-refractivity contribution >= 4 is 94.7 Å². The average molecular weight is 1200 g/mol. The van der Waals surface area contributed by atoms with Crippen molar-refractivity contribution in [3.8, 4) is 0 Å². The van der Waals surface area contributed by atoms with E-state index in [1.165, 1.54) is 6.92 Å². The first-order valence-corrected chi connectivity index (χ1v) is 26.2. The van der Waals surface area contributed by atoms with Gasteiger partial charge in [0.05, 0.1) is 37.6 Å². The molecule has 0 heterocycles. The normalized spacial score (nSPS) is 15.2. The maximum absolute atomic E-state index is 13.9. The van der Waals surface area contributed by atoms with Gasteiger partial charge in [-0.15, -0.1) is 0 Å². The van der Waals surface area contributed by atoms with Gasteiger partial charge in [0.15, 0.2) is 11.9 Å². The molecule has 12 atom stereocenters. The smallest absolute Gasteiger partial charge is 0.326 e. The molecule has 0 radical (unpaired) electrons. The van der Waals surface area contributed by atoms with Crippen LogP contribution in [0.15, 0.2) is 9.98 Å². The Balaban J connectivity index is 6.49. The minimum Gasteiger partial charge on any atom is -0.481 e. The van der Waals surface area contributed by atoms with Crippen molar-refractivity contribution < 1.29 is 87.5 Å². The van der Waals surface area contributed by atoms with Crippen LogP contribution in [0.3, 0.4) is 0 Å². The van der Waals surface area contributed by atoms with Crippen LogP contribution in [-0.4, -0.2) is 207 Å². The highest BCUT2D eigenvalue weighted by atomic mass is 16.4. The fourth-order valence-corrected chi connectivity index (χ4v) is 7.24. The van der Waals surface area contributed by atoms with Crippen LogP contribution in [0.2, 0.25) is 0 Å². The monoisotopic (exact) mass is 1200 g/mol. The number of nitrogens with two attached hydrogens (primary N) is 7. The molecular weight excluding hydrogens is 1120 g/mol. The first-order chi connectivity index (χ1) is 39.0. The van der Waals surface area contributed by atoms with Gasteiger partial charge in [-0.2, -0.15) is 0 Å². The number of carboxylic acid groups (broad SMARTS) is 2. The number of guanidine groups is 2. The Morgan fingerprint density at radius 2 is 0.845 bits per heavy atom. The molecule has 0 aliphatic rings. The van der Waals surface area contributed by atoms with Gasteiger partial charge >= 0.3 is 11.9 Å². The molecule has 37 heteroatoms. The third kappa shape index (κ3) is 30.7. The number of hydrogen-bond donors (Lipinski definition) is 21. The predicted molar refractivity (Wildman–Crippen MR) is 294 cm³/mol. The summed E-state index contributed by atoms with van der Waals surface area (Å²) in [4.78, 5) is 188. The first kappa shape index (κ1) is 75.0. The Labute approximate surface area is 482 Å². The Kier molecular flexibility index (Phi) is 33.8. The van der Waals surface area contributed by atoms with Crippen molar-refractivity contribution in [2.24, 2.45) is 56.0 Å². The zero-order valence-corrected chi connectivity index (χ0v) is 47.4. The highest BCUT2D eigenvalue weighted by Crippen LogP contribution is 2.09. The summed E-state index contributed by atoms with van der Waals surface area (Å²) in [5.41, 5.74) is 37.7. The summed E-state index contributed by atoms with van der Waals surface area (Å²) >= 11 is 0. The summed E-state index contributed by atoms with van der Waals surface area (Å²) in [6.07, 6.45) is -6.94. The van der Waals surface area contributed by atoms with Crippen LogP contribution >= 0.6 is 0 Å². The van der Waals surface area contributed by atoms with Gasteiger partial charge in [-0.25, -0.2) is 4.79 Å². The van der Waals surface area contributed by atoms with Crippen molar-refractivity contribution in [3.63, 3.8) is 0 Å². The minimum absolute atomic E-state index is 0.0122. The molecule has 0 fully saturated rings. The molecule has 28 N–H and O–H groups in total. The second-order valence-electron chi connectivity index (χ2n) is 19.7. The van der Waals surface area contributed by atoms with Crippen molar-refractivity contribution in [1.82, 2.24) is 53.2 Å². The Morgan fingerprint density at radius 1 is 0.440 bits per heavy atom. The van der Waals surface area contributed by atoms with E-state index in [1.807, 2.05) is 19.2 Å². The van der Waals surface area contributed by atoms with Crippen molar-refractivity contribution in [2.75, 3.05) is 19.6 Å². The van der Waals surface area contributed by atoms with Gasteiger partial charge in [0.1, 0.15) is 54.4 Å². The lowest BCUT2D eigenvalue weighted by molar-refractivity contribution is -0.143. The second kappa shape index (κ2) is 37.9. The van der Waals surface area contributed by atoms with Gasteiger partial charge in [0, 0.05) is 19.5 Å². The number of carboxylic acids is 2. The molecular formula is C47H83N19O18. The quantitative estimate of drug-likeness (QED) is 0.0154. The summed E-state index contributed by atoms with van der Waals surface area (Å²) < 4.78 is 0. The highest BCUT2D eigenvalue weighted by molar-refractivity contribution is 5.99. The fraction of sp³-hybridized carbons (Fsp3) is 0.660. The van der Waals surface area contributed by atoms with E-state index in [9.17, 15) is 87.5 Å². The van der Waals surface area contributed by atoms with Gasteiger partial charge < -0.3 is 114 Å². The molecule has 0 aromatic carbocycles. The lowest BCUT2D eigenvalue weighted by Gasteiger charge is -2.29. The maximum atomic E-state index is 13.9. The Morgan fingerprint density at radius 3 is 1.30 bits per heavy atom. The third-order valence-corrected chi connectivity index (χ3v) is 11.6. The van der Waals surface area contributed by atoms with Crippen molar-refractivity contribution in [2.45, 2.75) is 172 Å². The molecule has 0 aromatic rings. The number of aliphatic imine (C=N–C) groups is 2. The summed E-state index contributed by atoms with van der Waals surface area (Å²) in [5, 5.41) is 62.7. The molecule has 0 saturated heterocycles. The molecule has 0 spiro atoms. The lowest BCUT2D eigenvalue weighted by Crippen LogP contribution is -2.63. The van der Waals surface area contributed by atoms with Gasteiger partial charge in [-0.3, -0.25) is 72.3 Å². The number of aliphatic carboxylic acids is 2. The minimum atomic E-state index is -2.10. The molecule has 0 aliphatic heterocycles. The third-order valence-electron chi connectivity index (χ3n) is 11.6. The summed E-state index contributed by atoms with van der Waals surface area (Å²) in [5.74, 6) is -17.0. The average Bonchev–Trinajstić information content (AvgIpc) is 3.60. The van der Waals surface area contributed by atoms with E-state index >= 15 is 0 Å². The van der Waals surface area contributed by atoms with Crippen LogP contribution in [0.5, 0.6) is 0 Å². The van der Waals surface area contributed by atoms with E-state index in [1.54, 1.807) is 0 Å². The van der Waals surface area contributed by atoms with Crippen LogP contribution in [-0.2, 0) is 67.1 Å². The van der Waals surface area contributed by atoms with Crippen LogP contribution in [0.25, 0.3) is 0 Å². The number of rotatable bonds is 40. The SMILES string of the molecule is CC(C)C[C@H](N)C(=O)N[C@@H](C)C(=O)NCC(=O)N[C@@H](CCCN=C(N)N)C(=O)N[C@@H](CCC(N)=O)C(=O)N[C@H](C(=O)N[C@H](C(=O)N[C@@H](CC(=O)O)C(=O)N[C@@H](C)C(=O)N[C@@H](CCCN=C(N)N)C(=O)N[C@@H](CC(N)=O)C(=O)O)[C@@H](C)O)[C@@H](C)O. The molecule has 0 saturated carbocycles. The standard InChI is InChI=1S/C47H83N19O18/c1-19(2)15-24(48)38(76)58-20(3)36(74)57-18-32(71)60-25(9-7-13-55-46(51)52)39(77)62-27(11-12-30(49)69)41(79)65-35(23(6)68)44(82)66-34(22(5)67)43(81)63-28(17-33(72)73)42(80)59-21(4)37(75)61-26(10-8-14-56-47(53)54)40(78)64-29(45(83)84)16-31(50)70/h19-29,34-35,67-68H,7-18,48H2,1-6H3,(H2,49,69)(H2,50,70)(H,57,74)(H,58,76)(H,59,80)(H,60,71)(H,61,75)(H,62,77)(H,63,81)(H,64,78)(H,65,79)(H,66,82)(H,72,73)(H,83,84)(H4,51,52,55)(H4,53,54,56)/t20-,21-,22+,23+,24-,25-,26-,27-,28-,29-,34-,35-/m0/s1. The van der Waals surface area contributed by atoms with Crippen LogP contribution in [0.1, 0.15) is 99.3 Å². The van der Waals surface area contributed by atoms with Crippen LogP contribution < -0.4 is 93.3 Å². The molecule has 0 bridgehead atoms. The van der Waals surface area contributed by atoms with Crippen molar-refractivity contribution in [1.29, 1.82) is 0 Å². The largest absolute Gasteiger partial charge is 0.481 e. The Hall–Kier alpha value is -9.00. The van der Waals surface area contributed by atoms with Gasteiger partial charge in [0.25, 0.3) is 0 Å². The predicted octanol–water partition coefficient (Wildman–Crippen LogP) is -10.6. The topological polar surface area (TPSA) is 647 Å².